The van der Waals surface area contributed by atoms with Crippen molar-refractivity contribution in [2.75, 3.05) is 6.54 Å². The van der Waals surface area contributed by atoms with Crippen molar-refractivity contribution in [2.45, 2.75) is 147 Å². The van der Waals surface area contributed by atoms with Crippen LogP contribution < -0.4 is 31.7 Å². The Kier molecular flexibility index (Phi) is 19.5. The zero-order valence-corrected chi connectivity index (χ0v) is 36.6. The zero-order chi connectivity index (χ0) is 45.2. The number of sulfonamides is 1. The van der Waals surface area contributed by atoms with Crippen LogP contribution in [0.5, 0.6) is 0 Å². The molecule has 2 aromatic carbocycles. The van der Waals surface area contributed by atoms with Crippen molar-refractivity contribution in [3.8, 4) is 0 Å². The normalized spacial score (nSPS) is 15.5. The van der Waals surface area contributed by atoms with E-state index in [-0.39, 0.29) is 49.8 Å². The molecule has 1 aliphatic rings. The van der Waals surface area contributed by atoms with Crippen LogP contribution in [-0.4, -0.2) is 92.5 Å². The predicted octanol–water partition coefficient (Wildman–Crippen LogP) is 3.16. The topological polar surface area (TPSA) is 263 Å². The highest BCUT2D eigenvalue weighted by atomic mass is 32.2. The number of hydrogen-bond acceptors (Lipinski definition) is 12. The van der Waals surface area contributed by atoms with Crippen molar-refractivity contribution in [3.05, 3.63) is 65.7 Å². The number of rotatable bonds is 20. The first kappa shape index (κ1) is 49.6. The van der Waals surface area contributed by atoms with Crippen molar-refractivity contribution in [2.24, 2.45) is 10.7 Å². The van der Waals surface area contributed by atoms with Gasteiger partial charge in [-0.2, -0.15) is 0 Å². The van der Waals surface area contributed by atoms with Gasteiger partial charge in [-0.3, -0.25) is 24.2 Å². The van der Waals surface area contributed by atoms with Crippen LogP contribution in [0.2, 0.25) is 0 Å². The molecule has 3 rings (SSSR count). The average molecular weight is 872 g/mol. The number of alkyl carbamates (subject to hydrolysis) is 1. The third kappa shape index (κ3) is 18.6. The fourth-order valence-corrected chi connectivity index (χ4v) is 6.97. The summed E-state index contributed by atoms with van der Waals surface area (Å²) >= 11 is 0. The smallest absolute Gasteiger partial charge is 0.408 e. The van der Waals surface area contributed by atoms with Crippen molar-refractivity contribution >= 4 is 51.7 Å². The Morgan fingerprint density at radius 3 is 2.03 bits per heavy atom. The van der Waals surface area contributed by atoms with Crippen LogP contribution in [0, 0.1) is 6.92 Å². The first-order valence-corrected chi connectivity index (χ1v) is 21.9. The predicted molar refractivity (Wildman–Crippen MR) is 226 cm³/mol. The summed E-state index contributed by atoms with van der Waals surface area (Å²) in [5.74, 6) is -4.00. The molecule has 19 heteroatoms. The second kappa shape index (κ2) is 23.9. The van der Waals surface area contributed by atoms with Crippen molar-refractivity contribution in [1.29, 1.82) is 0 Å². The van der Waals surface area contributed by atoms with Gasteiger partial charge in [0.05, 0.1) is 4.90 Å². The van der Waals surface area contributed by atoms with E-state index in [0.717, 1.165) is 43.2 Å². The van der Waals surface area contributed by atoms with Gasteiger partial charge in [0.2, 0.25) is 23.7 Å². The van der Waals surface area contributed by atoms with E-state index in [9.17, 15) is 37.2 Å². The molecule has 1 aliphatic carbocycles. The van der Waals surface area contributed by atoms with Crippen molar-refractivity contribution in [1.82, 2.24) is 26.0 Å². The molecule has 0 aromatic heterocycles. The van der Waals surface area contributed by atoms with Crippen LogP contribution in [0.4, 0.5) is 4.79 Å². The molecule has 61 heavy (non-hydrogen) atoms. The molecule has 0 spiro atoms. The van der Waals surface area contributed by atoms with Crippen LogP contribution >= 0.6 is 0 Å². The van der Waals surface area contributed by atoms with Crippen molar-refractivity contribution < 1.29 is 51.4 Å². The van der Waals surface area contributed by atoms with Gasteiger partial charge in [-0.25, -0.2) is 22.7 Å². The first-order valence-electron chi connectivity index (χ1n) is 20.4. The molecule has 4 atom stereocenters. The fraction of sp³-hybridized carbons (Fsp3) is 0.548. The number of nitrogens with one attached hydrogen (secondary N) is 5. The molecule has 0 radical (unpaired) electrons. The second-order valence-corrected chi connectivity index (χ2v) is 17.6. The minimum absolute atomic E-state index is 0.0163. The summed E-state index contributed by atoms with van der Waals surface area (Å²) < 4.78 is 43.9. The maximum atomic E-state index is 13.6. The molecular formula is C42H61N7O11S. The molecule has 0 aliphatic heterocycles. The summed E-state index contributed by atoms with van der Waals surface area (Å²) in [5, 5.41) is 10.1. The highest BCUT2D eigenvalue weighted by Gasteiger charge is 2.31. The number of aryl methyl sites for hydroxylation is 1. The lowest BCUT2D eigenvalue weighted by Crippen LogP contribution is -2.57. The maximum absolute atomic E-state index is 13.6. The van der Waals surface area contributed by atoms with E-state index in [4.69, 9.17) is 19.9 Å². The number of ether oxygens (including phenoxy) is 3. The lowest BCUT2D eigenvalue weighted by atomic mass is 9.98. The van der Waals surface area contributed by atoms with Crippen LogP contribution in [0.25, 0.3) is 0 Å². The van der Waals surface area contributed by atoms with E-state index in [2.05, 4.69) is 31.0 Å². The molecule has 0 saturated heterocycles. The van der Waals surface area contributed by atoms with Gasteiger partial charge in [-0.15, -0.1) is 0 Å². The van der Waals surface area contributed by atoms with E-state index in [1.54, 1.807) is 57.2 Å². The molecule has 18 nitrogen and oxygen atoms in total. The summed E-state index contributed by atoms with van der Waals surface area (Å²) in [6.45, 7) is 9.43. The number of carbonyl (C=O) groups is 6. The van der Waals surface area contributed by atoms with Crippen LogP contribution in [0.1, 0.15) is 104 Å². The first-order chi connectivity index (χ1) is 28.7. The molecule has 4 amide bonds. The highest BCUT2D eigenvalue weighted by molar-refractivity contribution is 7.90. The summed E-state index contributed by atoms with van der Waals surface area (Å²) in [6.07, 6.45) is 3.07. The number of carbonyl (C=O) groups excluding carboxylic acids is 6. The molecule has 7 N–H and O–H groups in total. The van der Waals surface area contributed by atoms with Gasteiger partial charge in [0.25, 0.3) is 10.0 Å². The van der Waals surface area contributed by atoms with Gasteiger partial charge in [0.15, 0.2) is 0 Å². The third-order valence-electron chi connectivity index (χ3n) is 9.32. The monoisotopic (exact) mass is 871 g/mol. The summed E-state index contributed by atoms with van der Waals surface area (Å²) in [5.41, 5.74) is 6.57. The Morgan fingerprint density at radius 1 is 0.803 bits per heavy atom. The van der Waals surface area contributed by atoms with E-state index < -0.39 is 81.5 Å². The van der Waals surface area contributed by atoms with Crippen LogP contribution in [0.3, 0.4) is 0 Å². The van der Waals surface area contributed by atoms with E-state index in [1.165, 1.54) is 26.0 Å². The Labute approximate surface area is 357 Å². The summed E-state index contributed by atoms with van der Waals surface area (Å²) in [6, 6.07) is 10.1. The highest BCUT2D eigenvalue weighted by Crippen LogP contribution is 2.21. The average Bonchev–Trinajstić information content (AvgIpc) is 3.19. The van der Waals surface area contributed by atoms with Gasteiger partial charge >= 0.3 is 18.0 Å². The summed E-state index contributed by atoms with van der Waals surface area (Å²) in [7, 11) is -4.02. The van der Waals surface area contributed by atoms with Crippen LogP contribution in [0.15, 0.2) is 64.5 Å². The Balaban J connectivity index is 1.69. The van der Waals surface area contributed by atoms with E-state index in [1.807, 2.05) is 13.0 Å². The maximum Gasteiger partial charge on any atom is 0.408 e. The lowest BCUT2D eigenvalue weighted by Gasteiger charge is -2.26. The molecule has 1 saturated carbocycles. The van der Waals surface area contributed by atoms with E-state index in [0.29, 0.717) is 0 Å². The fourth-order valence-electron chi connectivity index (χ4n) is 6.02. The minimum Gasteiger partial charge on any atom is -0.462 e. The Morgan fingerprint density at radius 2 is 1.41 bits per heavy atom. The van der Waals surface area contributed by atoms with E-state index >= 15 is 0 Å². The van der Waals surface area contributed by atoms with Gasteiger partial charge in [0.1, 0.15) is 42.5 Å². The van der Waals surface area contributed by atoms with Crippen molar-refractivity contribution in [3.63, 3.8) is 0 Å². The second-order valence-electron chi connectivity index (χ2n) is 15.9. The van der Waals surface area contributed by atoms with Gasteiger partial charge in [-0.1, -0.05) is 54.4 Å². The van der Waals surface area contributed by atoms with Gasteiger partial charge in [0, 0.05) is 13.0 Å². The standard InChI is InChI=1S/C42H61N7O11S/c1-27-19-21-32(22-20-27)61(56,57)49-40(43)44-25-13-18-33(37(52)46-29(3)39(54)58-26-30-14-9-7-10-15-30)47-36(51)28(2)45-38(53)34(48-41(55)60-42(4,5)6)23-24-35(50)59-31-16-11-8-12-17-31/h7,9-10,14-15,19-22,28-29,31,33-34H,8,11-13,16-18,23-26H2,1-6H3,(H,45,53)(H,46,52)(H,47,51)(H,48,55)(H3,43,44,49)/t28-,29-,33+,34+/m1/s1. The zero-order valence-electron chi connectivity index (χ0n) is 35.8. The Hall–Kier alpha value is -5.72. The largest absolute Gasteiger partial charge is 0.462 e. The number of esters is 2. The molecule has 2 aromatic rings. The quantitative estimate of drug-likeness (QED) is 0.0369. The molecule has 0 unspecified atom stereocenters. The number of nitrogens with two attached hydrogens (primary N) is 1. The number of guanidine groups is 1. The molecular weight excluding hydrogens is 811 g/mol. The lowest BCUT2D eigenvalue weighted by molar-refractivity contribution is -0.151. The van der Waals surface area contributed by atoms with Gasteiger partial charge in [-0.05, 0) is 104 Å². The molecule has 1 fully saturated rings. The SMILES string of the molecule is Cc1ccc(S(=O)(=O)NC(N)=NCCC[C@H](NC(=O)[C@@H](C)NC(=O)[C@H](CCC(=O)OC2CCCCC2)NC(=O)OC(C)(C)C)C(=O)N[C@H](C)C(=O)OCc2ccccc2)cc1. The molecule has 336 valence electrons. The number of nitrogens with zero attached hydrogens (tertiary/aromatic N) is 1. The molecule has 0 heterocycles. The number of amides is 4. The Bertz CT molecular complexity index is 1930. The third-order valence-corrected chi connectivity index (χ3v) is 10.7. The summed E-state index contributed by atoms with van der Waals surface area (Å²) in [4.78, 5) is 82.8. The van der Waals surface area contributed by atoms with Crippen LogP contribution in [-0.2, 0) is 54.8 Å². The molecule has 0 bridgehead atoms. The number of benzene rings is 2. The number of hydrogen-bond donors (Lipinski definition) is 6. The number of aliphatic imine (C=N–C) groups is 1. The minimum atomic E-state index is -4.02. The van der Waals surface area contributed by atoms with Gasteiger partial charge < -0.3 is 41.2 Å².